The molecule has 1 fully saturated rings. The highest BCUT2D eigenvalue weighted by Crippen LogP contribution is 2.48. The second-order valence-corrected chi connectivity index (χ2v) is 7.87. The fourth-order valence-electron chi connectivity index (χ4n) is 5.03. The lowest BCUT2D eigenvalue weighted by atomic mass is 9.71. The van der Waals surface area contributed by atoms with Crippen molar-refractivity contribution in [1.82, 2.24) is 0 Å². The number of aliphatic hydroxyl groups is 1. The van der Waals surface area contributed by atoms with Gasteiger partial charge in [-0.05, 0) is 42.9 Å². The molecule has 2 unspecified atom stereocenters. The second-order valence-electron chi connectivity index (χ2n) is 7.87. The van der Waals surface area contributed by atoms with Crippen LogP contribution in [-0.4, -0.2) is 46.9 Å². The molecule has 0 radical (unpaired) electrons. The fourth-order valence-corrected chi connectivity index (χ4v) is 5.03. The van der Waals surface area contributed by atoms with Crippen LogP contribution in [0.4, 0.5) is 0 Å². The molecular weight excluding hydrogens is 360 g/mol. The largest absolute Gasteiger partial charge is 0.507 e. The van der Waals surface area contributed by atoms with Gasteiger partial charge in [-0.1, -0.05) is 19.1 Å². The third-order valence-corrected chi connectivity index (χ3v) is 6.38. The maximum absolute atomic E-state index is 13.6. The number of ether oxygens (including phenoxy) is 2. The lowest BCUT2D eigenvalue weighted by molar-refractivity contribution is -0.153. The Morgan fingerprint density at radius 3 is 2.68 bits per heavy atom. The van der Waals surface area contributed by atoms with Crippen LogP contribution in [0.2, 0.25) is 0 Å². The van der Waals surface area contributed by atoms with Crippen molar-refractivity contribution < 1.29 is 29.3 Å². The molecule has 0 bridgehead atoms. The van der Waals surface area contributed by atoms with E-state index < -0.39 is 11.9 Å². The summed E-state index contributed by atoms with van der Waals surface area (Å²) < 4.78 is 11.9. The van der Waals surface area contributed by atoms with Crippen molar-refractivity contribution in [3.8, 4) is 5.75 Å². The predicted octanol–water partition coefficient (Wildman–Crippen LogP) is 2.26. The Kier molecular flexibility index (Phi) is 3.88. The van der Waals surface area contributed by atoms with Crippen LogP contribution < -0.4 is 0 Å². The molecule has 1 aliphatic heterocycles. The van der Waals surface area contributed by atoms with Crippen LogP contribution in [0.3, 0.4) is 0 Å². The lowest BCUT2D eigenvalue weighted by Gasteiger charge is -2.40. The molecule has 4 aliphatic rings. The van der Waals surface area contributed by atoms with Gasteiger partial charge in [-0.15, -0.1) is 0 Å². The van der Waals surface area contributed by atoms with Crippen LogP contribution in [0.5, 0.6) is 5.75 Å². The number of aliphatic hydroxyl groups excluding tert-OH is 1. The van der Waals surface area contributed by atoms with E-state index in [2.05, 4.69) is 0 Å². The summed E-state index contributed by atoms with van der Waals surface area (Å²) in [5, 5.41) is 20.8. The summed E-state index contributed by atoms with van der Waals surface area (Å²) in [7, 11) is 0. The van der Waals surface area contributed by atoms with Gasteiger partial charge in [0.15, 0.2) is 11.6 Å². The third-order valence-electron chi connectivity index (χ3n) is 6.38. The summed E-state index contributed by atoms with van der Waals surface area (Å²) in [6.07, 6.45) is 5.09. The van der Waals surface area contributed by atoms with Crippen molar-refractivity contribution in [3.63, 3.8) is 0 Å². The van der Waals surface area contributed by atoms with Crippen molar-refractivity contribution in [3.05, 3.63) is 51.6 Å². The van der Waals surface area contributed by atoms with Gasteiger partial charge in [-0.25, -0.2) is 0 Å². The highest BCUT2D eigenvalue weighted by Gasteiger charge is 2.54. The van der Waals surface area contributed by atoms with Crippen LogP contribution in [0, 0.1) is 5.92 Å². The van der Waals surface area contributed by atoms with Crippen LogP contribution in [0.15, 0.2) is 29.4 Å². The number of carbonyl (C=O) groups excluding carboxylic acids is 2. The number of rotatable bonds is 1. The molecule has 146 valence electrons. The van der Waals surface area contributed by atoms with Crippen LogP contribution >= 0.6 is 0 Å². The summed E-state index contributed by atoms with van der Waals surface area (Å²) in [4.78, 5) is 26.9. The maximum Gasteiger partial charge on any atom is 0.206 e. The molecule has 3 aliphatic carbocycles. The number of carbonyl (C=O) groups is 2. The van der Waals surface area contributed by atoms with Gasteiger partial charge < -0.3 is 19.7 Å². The molecule has 1 spiro atoms. The van der Waals surface area contributed by atoms with E-state index >= 15 is 0 Å². The summed E-state index contributed by atoms with van der Waals surface area (Å²) in [6.45, 7) is 2.70. The number of ketones is 2. The Labute approximate surface area is 162 Å². The van der Waals surface area contributed by atoms with Crippen molar-refractivity contribution in [2.24, 2.45) is 5.92 Å². The van der Waals surface area contributed by atoms with Crippen molar-refractivity contribution in [1.29, 1.82) is 0 Å². The number of phenols is 1. The van der Waals surface area contributed by atoms with E-state index in [1.807, 2.05) is 13.0 Å². The molecule has 1 aromatic carbocycles. The number of hydrogen-bond donors (Lipinski definition) is 2. The minimum atomic E-state index is -1.24. The Bertz CT molecular complexity index is 964. The standard InChI is InChI=1S/C22H22O6/c1-2-12-3-5-15-18(22(12)27-7-8-28-22)21(26)16-10-11-9-13(23)4-6-14(11)19(24)17(16)20(15)25/h3,5,10,12-13,23-24H,2,4,6-9H2,1H3. The topological polar surface area (TPSA) is 93.1 Å². The number of Topliss-reactive ketones (excluding diaryl/α,β-unsaturated/α-hetero) is 2. The zero-order valence-electron chi connectivity index (χ0n) is 15.7. The molecule has 6 nitrogen and oxygen atoms in total. The van der Waals surface area contributed by atoms with Gasteiger partial charge in [-0.3, -0.25) is 9.59 Å². The normalized spacial score (nSPS) is 27.8. The van der Waals surface area contributed by atoms with Gasteiger partial charge >= 0.3 is 0 Å². The zero-order chi connectivity index (χ0) is 19.6. The number of fused-ring (bicyclic) bond motifs is 3. The summed E-state index contributed by atoms with van der Waals surface area (Å²) in [5.41, 5.74) is 2.11. The van der Waals surface area contributed by atoms with E-state index in [1.54, 1.807) is 12.1 Å². The monoisotopic (exact) mass is 382 g/mol. The van der Waals surface area contributed by atoms with E-state index in [-0.39, 0.29) is 45.5 Å². The minimum absolute atomic E-state index is 0.0617. The van der Waals surface area contributed by atoms with Gasteiger partial charge in [0.1, 0.15) is 5.75 Å². The first-order chi connectivity index (χ1) is 13.5. The van der Waals surface area contributed by atoms with E-state index in [0.717, 1.165) is 5.56 Å². The second kappa shape index (κ2) is 6.11. The van der Waals surface area contributed by atoms with Crippen molar-refractivity contribution >= 4 is 11.6 Å². The van der Waals surface area contributed by atoms with Crippen LogP contribution in [0.1, 0.15) is 51.6 Å². The molecule has 1 heterocycles. The maximum atomic E-state index is 13.6. The summed E-state index contributed by atoms with van der Waals surface area (Å²) in [6, 6.07) is 1.67. The van der Waals surface area contributed by atoms with Gasteiger partial charge in [0.25, 0.3) is 0 Å². The first kappa shape index (κ1) is 17.8. The molecule has 2 atom stereocenters. The Morgan fingerprint density at radius 1 is 1.21 bits per heavy atom. The Hall–Kier alpha value is -2.28. The summed E-state index contributed by atoms with van der Waals surface area (Å²) in [5.74, 6) is -2.25. The molecule has 2 N–H and O–H groups in total. The number of aromatic hydroxyl groups is 1. The number of hydrogen-bond acceptors (Lipinski definition) is 6. The number of allylic oxidation sites excluding steroid dienone is 2. The zero-order valence-corrected chi connectivity index (χ0v) is 15.7. The van der Waals surface area contributed by atoms with E-state index in [9.17, 15) is 19.8 Å². The molecule has 5 rings (SSSR count). The first-order valence-electron chi connectivity index (χ1n) is 9.84. The highest BCUT2D eigenvalue weighted by molar-refractivity contribution is 6.30. The van der Waals surface area contributed by atoms with Crippen molar-refractivity contribution in [2.75, 3.05) is 13.2 Å². The smallest absolute Gasteiger partial charge is 0.206 e. The molecule has 1 saturated heterocycles. The van der Waals surface area contributed by atoms with Gasteiger partial charge in [0.05, 0.1) is 30.5 Å². The fraction of sp³-hybridized carbons (Fsp3) is 0.455. The van der Waals surface area contributed by atoms with E-state index in [4.69, 9.17) is 9.47 Å². The van der Waals surface area contributed by atoms with Gasteiger partial charge in [0.2, 0.25) is 5.79 Å². The predicted molar refractivity (Wildman–Crippen MR) is 99.4 cm³/mol. The van der Waals surface area contributed by atoms with Crippen molar-refractivity contribution in [2.45, 2.75) is 44.5 Å². The molecule has 28 heavy (non-hydrogen) atoms. The quantitative estimate of drug-likeness (QED) is 0.774. The molecule has 0 amide bonds. The average Bonchev–Trinajstić information content (AvgIpc) is 3.15. The van der Waals surface area contributed by atoms with Gasteiger partial charge in [-0.2, -0.15) is 0 Å². The lowest BCUT2D eigenvalue weighted by Crippen LogP contribution is -2.47. The molecule has 0 saturated carbocycles. The molecular formula is C22H22O6. The molecule has 1 aromatic rings. The SMILES string of the molecule is CCC1C=CC2=C(C(=O)c3cc4c(c(O)c3C2=O)CCC(O)C4)C12OCCO2. The Morgan fingerprint density at radius 2 is 1.96 bits per heavy atom. The first-order valence-corrected chi connectivity index (χ1v) is 9.84. The van der Waals surface area contributed by atoms with E-state index in [1.165, 1.54) is 0 Å². The molecule has 6 heteroatoms. The highest BCUT2D eigenvalue weighted by atomic mass is 16.7. The van der Waals surface area contributed by atoms with E-state index in [0.29, 0.717) is 44.5 Å². The third kappa shape index (κ3) is 2.19. The van der Waals surface area contributed by atoms with Crippen LogP contribution in [0.25, 0.3) is 0 Å². The van der Waals surface area contributed by atoms with Gasteiger partial charge in [0, 0.05) is 17.1 Å². The number of benzene rings is 1. The van der Waals surface area contributed by atoms with Crippen LogP contribution in [-0.2, 0) is 22.3 Å². The average molecular weight is 382 g/mol. The minimum Gasteiger partial charge on any atom is -0.507 e. The Balaban J connectivity index is 1.73. The number of phenolic OH excluding ortho intramolecular Hbond substituents is 1. The molecule has 0 aromatic heterocycles. The summed E-state index contributed by atoms with van der Waals surface area (Å²) >= 11 is 0.